The molecule has 1 unspecified atom stereocenters. The van der Waals surface area contributed by atoms with Crippen molar-refractivity contribution >= 4 is 23.6 Å². The number of methoxy groups -OCH3 is 2. The molecule has 20 heavy (non-hydrogen) atoms. The number of alkyl carbamates (subject to hydrolysis) is 1. The van der Waals surface area contributed by atoms with Crippen molar-refractivity contribution < 1.29 is 24.0 Å². The number of amides is 2. The number of quaternary nitrogens is 1. The lowest BCUT2D eigenvalue weighted by atomic mass is 10.2. The van der Waals surface area contributed by atoms with Crippen molar-refractivity contribution in [3.8, 4) is 5.75 Å². The molecule has 0 saturated heterocycles. The molecule has 0 fully saturated rings. The molecule has 6 nitrogen and oxygen atoms in total. The van der Waals surface area contributed by atoms with Crippen LogP contribution in [0.2, 0.25) is 5.02 Å². The second-order valence-electron chi connectivity index (χ2n) is 4.31. The molecule has 0 aromatic heterocycles. The summed E-state index contributed by atoms with van der Waals surface area (Å²) in [5.41, 5.74) is 0.892. The molecular formula is C13H18ClN2O4+. The molecule has 0 radical (unpaired) electrons. The average molecular weight is 302 g/mol. The van der Waals surface area contributed by atoms with Crippen LogP contribution in [0, 0.1) is 0 Å². The van der Waals surface area contributed by atoms with Gasteiger partial charge in [0, 0.05) is 10.6 Å². The van der Waals surface area contributed by atoms with Gasteiger partial charge >= 0.3 is 6.09 Å². The highest BCUT2D eigenvalue weighted by Gasteiger charge is 2.15. The monoisotopic (exact) mass is 301 g/mol. The lowest BCUT2D eigenvalue weighted by molar-refractivity contribution is -0.885. The Morgan fingerprint density at radius 1 is 1.35 bits per heavy atom. The van der Waals surface area contributed by atoms with Crippen LogP contribution in [-0.4, -0.2) is 39.8 Å². The van der Waals surface area contributed by atoms with Gasteiger partial charge in [-0.3, -0.25) is 10.1 Å². The largest absolute Gasteiger partial charge is 0.496 e. The van der Waals surface area contributed by atoms with Gasteiger partial charge in [-0.2, -0.15) is 0 Å². The second kappa shape index (κ2) is 7.72. The Kier molecular flexibility index (Phi) is 6.27. The van der Waals surface area contributed by atoms with Crippen LogP contribution in [-0.2, 0) is 16.1 Å². The number of carbonyl (C=O) groups is 2. The number of ether oxygens (including phenoxy) is 2. The van der Waals surface area contributed by atoms with E-state index in [1.54, 1.807) is 25.3 Å². The molecule has 0 saturated carbocycles. The minimum absolute atomic E-state index is 0.130. The van der Waals surface area contributed by atoms with Crippen molar-refractivity contribution in [2.45, 2.75) is 6.54 Å². The number of carbonyl (C=O) groups excluding carboxylic acids is 2. The van der Waals surface area contributed by atoms with Gasteiger partial charge < -0.3 is 14.4 Å². The van der Waals surface area contributed by atoms with E-state index in [-0.39, 0.29) is 6.54 Å². The summed E-state index contributed by atoms with van der Waals surface area (Å²) in [7, 11) is 4.61. The quantitative estimate of drug-likeness (QED) is 0.818. The maximum Gasteiger partial charge on any atom is 0.413 e. The summed E-state index contributed by atoms with van der Waals surface area (Å²) in [5.74, 6) is 0.303. The number of nitrogens with one attached hydrogen (secondary N) is 2. The highest BCUT2D eigenvalue weighted by molar-refractivity contribution is 6.30. The predicted molar refractivity (Wildman–Crippen MR) is 74.0 cm³/mol. The van der Waals surface area contributed by atoms with Gasteiger partial charge in [-0.1, -0.05) is 11.6 Å². The Balaban J connectivity index is 2.62. The lowest BCUT2D eigenvalue weighted by Crippen LogP contribution is -3.09. The van der Waals surface area contributed by atoms with Crippen molar-refractivity contribution in [2.24, 2.45) is 0 Å². The lowest BCUT2D eigenvalue weighted by Gasteiger charge is -2.15. The van der Waals surface area contributed by atoms with Crippen molar-refractivity contribution in [3.05, 3.63) is 28.8 Å². The fourth-order valence-electron chi connectivity index (χ4n) is 1.76. The average Bonchev–Trinajstić information content (AvgIpc) is 2.38. The van der Waals surface area contributed by atoms with E-state index in [1.165, 1.54) is 7.11 Å². The van der Waals surface area contributed by atoms with Gasteiger partial charge in [-0.15, -0.1) is 0 Å². The number of imide groups is 1. The molecule has 1 aromatic carbocycles. The zero-order valence-corrected chi connectivity index (χ0v) is 12.4. The number of likely N-dealkylation sites (N-methyl/N-ethyl adjacent to an activating group) is 1. The van der Waals surface area contributed by atoms with E-state index in [1.807, 2.05) is 7.05 Å². The molecule has 0 spiro atoms. The smallest absolute Gasteiger partial charge is 0.413 e. The maximum atomic E-state index is 11.5. The number of halogens is 1. The fraction of sp³-hybridized carbons (Fsp3) is 0.385. The van der Waals surface area contributed by atoms with Crippen LogP contribution in [0.4, 0.5) is 4.79 Å². The van der Waals surface area contributed by atoms with Crippen molar-refractivity contribution in [1.82, 2.24) is 5.32 Å². The number of benzene rings is 1. The van der Waals surface area contributed by atoms with Crippen LogP contribution >= 0.6 is 11.6 Å². The Hall–Kier alpha value is -1.79. The van der Waals surface area contributed by atoms with Crippen LogP contribution in [0.1, 0.15) is 5.56 Å². The molecule has 1 atom stereocenters. The molecule has 110 valence electrons. The van der Waals surface area contributed by atoms with Gasteiger partial charge in [0.15, 0.2) is 6.54 Å². The van der Waals surface area contributed by atoms with Gasteiger partial charge in [0.2, 0.25) is 0 Å². The Bertz CT molecular complexity index is 493. The number of hydrogen-bond donors (Lipinski definition) is 2. The summed E-state index contributed by atoms with van der Waals surface area (Å²) in [4.78, 5) is 23.3. The summed E-state index contributed by atoms with van der Waals surface area (Å²) in [6.45, 7) is 0.670. The molecule has 0 aliphatic heterocycles. The molecule has 0 heterocycles. The Morgan fingerprint density at radius 3 is 2.65 bits per heavy atom. The molecule has 1 rings (SSSR count). The van der Waals surface area contributed by atoms with Gasteiger partial charge in [0.05, 0.1) is 21.3 Å². The summed E-state index contributed by atoms with van der Waals surface area (Å²) in [5, 5.41) is 2.71. The van der Waals surface area contributed by atoms with Crippen LogP contribution in [0.25, 0.3) is 0 Å². The molecule has 0 aliphatic carbocycles. The van der Waals surface area contributed by atoms with E-state index in [0.717, 1.165) is 10.5 Å². The first-order valence-corrected chi connectivity index (χ1v) is 6.35. The third kappa shape index (κ3) is 5.07. The standard InChI is InChI=1S/C13H17ClN2O4/c1-16(8-12(17)15-13(18)20-3)7-9-6-10(14)4-5-11(9)19-2/h4-6H,7-8H2,1-3H3,(H,15,17,18)/p+1. The molecular weight excluding hydrogens is 284 g/mol. The fourth-order valence-corrected chi connectivity index (χ4v) is 1.95. The topological polar surface area (TPSA) is 69.1 Å². The van der Waals surface area contributed by atoms with Gasteiger partial charge in [0.25, 0.3) is 5.91 Å². The third-order valence-corrected chi connectivity index (χ3v) is 2.86. The zero-order chi connectivity index (χ0) is 15.1. The first-order valence-electron chi connectivity index (χ1n) is 5.97. The normalized spacial score (nSPS) is 11.6. The molecule has 0 bridgehead atoms. The predicted octanol–water partition coefficient (Wildman–Crippen LogP) is 0.246. The van der Waals surface area contributed by atoms with Crippen LogP contribution in [0.3, 0.4) is 0 Å². The van der Waals surface area contributed by atoms with Crippen molar-refractivity contribution in [1.29, 1.82) is 0 Å². The molecule has 0 aliphatic rings. The van der Waals surface area contributed by atoms with Crippen LogP contribution < -0.4 is 15.0 Å². The van der Waals surface area contributed by atoms with E-state index in [4.69, 9.17) is 16.3 Å². The maximum absolute atomic E-state index is 11.5. The van der Waals surface area contributed by atoms with Crippen LogP contribution in [0.15, 0.2) is 18.2 Å². The van der Waals surface area contributed by atoms with E-state index < -0.39 is 12.0 Å². The molecule has 7 heteroatoms. The summed E-state index contributed by atoms with van der Waals surface area (Å²) in [6, 6.07) is 5.31. The SMILES string of the molecule is COC(=O)NC(=O)C[NH+](C)Cc1cc(Cl)ccc1OC. The first kappa shape index (κ1) is 16.3. The summed E-state index contributed by atoms with van der Waals surface area (Å²) < 4.78 is 9.60. The van der Waals surface area contributed by atoms with E-state index in [9.17, 15) is 9.59 Å². The zero-order valence-electron chi connectivity index (χ0n) is 11.7. The van der Waals surface area contributed by atoms with Gasteiger partial charge in [-0.05, 0) is 18.2 Å². The van der Waals surface area contributed by atoms with Crippen molar-refractivity contribution in [2.75, 3.05) is 27.8 Å². The summed E-state index contributed by atoms with van der Waals surface area (Å²) in [6.07, 6.45) is -0.761. The Morgan fingerprint density at radius 2 is 2.05 bits per heavy atom. The highest BCUT2D eigenvalue weighted by atomic mass is 35.5. The van der Waals surface area contributed by atoms with Gasteiger partial charge in [-0.25, -0.2) is 4.79 Å². The summed E-state index contributed by atoms with van der Waals surface area (Å²) >= 11 is 5.95. The first-order chi connectivity index (χ1) is 9.46. The van der Waals surface area contributed by atoms with E-state index >= 15 is 0 Å². The number of hydrogen-bond acceptors (Lipinski definition) is 4. The molecule has 1 aromatic rings. The minimum Gasteiger partial charge on any atom is -0.496 e. The van der Waals surface area contributed by atoms with E-state index in [2.05, 4.69) is 10.1 Å². The Labute approximate surface area is 122 Å². The molecule has 2 amide bonds. The second-order valence-corrected chi connectivity index (χ2v) is 4.74. The molecule has 2 N–H and O–H groups in total. The van der Waals surface area contributed by atoms with Crippen molar-refractivity contribution in [3.63, 3.8) is 0 Å². The van der Waals surface area contributed by atoms with Gasteiger partial charge in [0.1, 0.15) is 12.3 Å². The minimum atomic E-state index is -0.761. The third-order valence-electron chi connectivity index (χ3n) is 2.62. The highest BCUT2D eigenvalue weighted by Crippen LogP contribution is 2.21. The number of rotatable bonds is 5. The van der Waals surface area contributed by atoms with Crippen LogP contribution in [0.5, 0.6) is 5.75 Å². The van der Waals surface area contributed by atoms with E-state index in [0.29, 0.717) is 17.3 Å².